The number of carbonyl (C=O) groups is 1. The third-order valence-electron chi connectivity index (χ3n) is 4.23. The minimum absolute atomic E-state index is 0.0969. The monoisotopic (exact) mass is 436 g/mol. The molecule has 1 saturated heterocycles. The number of nitrogens with zero attached hydrogens (tertiary/aromatic N) is 2. The molecule has 1 aliphatic heterocycles. The van der Waals surface area contributed by atoms with Crippen molar-refractivity contribution >= 4 is 46.4 Å². The zero-order valence-corrected chi connectivity index (χ0v) is 18.0. The molecule has 1 aromatic heterocycles. The molecule has 152 valence electrons. The Morgan fingerprint density at radius 1 is 1.07 bits per heavy atom. The highest BCUT2D eigenvalue weighted by atomic mass is 32.2. The first-order valence-electron chi connectivity index (χ1n) is 9.40. The van der Waals surface area contributed by atoms with Gasteiger partial charge in [0.2, 0.25) is 0 Å². The topological polar surface area (TPSA) is 55.0 Å². The molecule has 2 heterocycles. The molecule has 0 spiro atoms. The Kier molecular flexibility index (Phi) is 6.74. The van der Waals surface area contributed by atoms with Crippen LogP contribution in [0.3, 0.4) is 0 Å². The van der Waals surface area contributed by atoms with Crippen molar-refractivity contribution in [3.8, 4) is 0 Å². The lowest BCUT2D eigenvalue weighted by molar-refractivity contribution is -0.122. The van der Waals surface area contributed by atoms with Crippen LogP contribution in [-0.4, -0.2) is 36.2 Å². The molecule has 1 amide bonds. The van der Waals surface area contributed by atoms with Gasteiger partial charge in [-0.1, -0.05) is 48.2 Å². The van der Waals surface area contributed by atoms with E-state index in [0.29, 0.717) is 29.0 Å². The fourth-order valence-electron chi connectivity index (χ4n) is 2.78. The van der Waals surface area contributed by atoms with Crippen LogP contribution in [0, 0.1) is 0 Å². The second-order valence-corrected chi connectivity index (χ2v) is 8.45. The van der Waals surface area contributed by atoms with Gasteiger partial charge in [-0.3, -0.25) is 9.69 Å². The van der Waals surface area contributed by atoms with Crippen molar-refractivity contribution in [3.63, 3.8) is 0 Å². The van der Waals surface area contributed by atoms with Crippen molar-refractivity contribution in [3.05, 3.63) is 83.5 Å². The van der Waals surface area contributed by atoms with Crippen molar-refractivity contribution in [2.24, 2.45) is 4.99 Å². The van der Waals surface area contributed by atoms with Crippen LogP contribution >= 0.6 is 23.5 Å². The number of thioether (sulfide) groups is 1. The van der Waals surface area contributed by atoms with E-state index in [9.17, 15) is 4.79 Å². The molecule has 5 nitrogen and oxygen atoms in total. The van der Waals surface area contributed by atoms with Gasteiger partial charge in [-0.25, -0.2) is 4.99 Å². The fourth-order valence-corrected chi connectivity index (χ4v) is 4.59. The van der Waals surface area contributed by atoms with Gasteiger partial charge in [0, 0.05) is 18.1 Å². The number of hydrogen-bond acceptors (Lipinski definition) is 6. The van der Waals surface area contributed by atoms with Gasteiger partial charge in [0.05, 0.1) is 23.7 Å². The van der Waals surface area contributed by atoms with Gasteiger partial charge >= 0.3 is 0 Å². The zero-order valence-electron chi connectivity index (χ0n) is 16.4. The minimum atomic E-state index is -0.0969. The summed E-state index contributed by atoms with van der Waals surface area (Å²) >= 11 is 2.89. The van der Waals surface area contributed by atoms with Crippen molar-refractivity contribution in [2.45, 2.75) is 9.99 Å². The lowest BCUT2D eigenvalue weighted by atomic mass is 10.3. The summed E-state index contributed by atoms with van der Waals surface area (Å²) in [5, 5.41) is 1.41. The Bertz CT molecular complexity index is 1060. The Morgan fingerprint density at radius 2 is 1.80 bits per heavy atom. The molecule has 0 atom stereocenters. The van der Waals surface area contributed by atoms with Crippen molar-refractivity contribution < 1.29 is 13.9 Å². The van der Waals surface area contributed by atoms with Gasteiger partial charge in [-0.15, -0.1) is 0 Å². The highest BCUT2D eigenvalue weighted by Gasteiger charge is 2.33. The van der Waals surface area contributed by atoms with Crippen molar-refractivity contribution in [2.75, 3.05) is 20.3 Å². The number of para-hydroxylation sites is 1. The average molecular weight is 437 g/mol. The van der Waals surface area contributed by atoms with E-state index < -0.39 is 0 Å². The average Bonchev–Trinajstić information content (AvgIpc) is 3.32. The molecule has 7 heteroatoms. The molecule has 2 aromatic carbocycles. The molecule has 4 rings (SSSR count). The maximum atomic E-state index is 13.0. The van der Waals surface area contributed by atoms with Gasteiger partial charge in [0.25, 0.3) is 5.91 Å². The summed E-state index contributed by atoms with van der Waals surface area (Å²) in [6, 6.07) is 23.4. The van der Waals surface area contributed by atoms with Crippen molar-refractivity contribution in [1.82, 2.24) is 4.90 Å². The van der Waals surface area contributed by atoms with Crippen LogP contribution in [0.4, 0.5) is 5.69 Å². The van der Waals surface area contributed by atoms with E-state index in [4.69, 9.17) is 9.15 Å². The third kappa shape index (κ3) is 5.05. The first-order valence-corrected chi connectivity index (χ1v) is 11.0. The molecule has 0 unspecified atom stereocenters. The van der Waals surface area contributed by atoms with Gasteiger partial charge < -0.3 is 9.15 Å². The maximum Gasteiger partial charge on any atom is 0.266 e. The second-order valence-electron chi connectivity index (χ2n) is 6.36. The summed E-state index contributed by atoms with van der Waals surface area (Å²) in [7, 11) is 1.62. The molecular weight excluding hydrogens is 416 g/mol. The lowest BCUT2D eigenvalue weighted by Crippen LogP contribution is -2.32. The highest BCUT2D eigenvalue weighted by molar-refractivity contribution is 8.18. The standard InChI is InChI=1S/C23H20N2O3S2/c1-27-15-14-25-22(26)20(30-23(25)24-17-8-4-2-5-9-17)16-18-12-13-21(28-18)29-19-10-6-3-7-11-19/h2-13,16H,14-15H2,1H3/b20-16+,24-23?. The lowest BCUT2D eigenvalue weighted by Gasteiger charge is -2.14. The van der Waals surface area contributed by atoms with Crippen LogP contribution in [0.25, 0.3) is 6.08 Å². The summed E-state index contributed by atoms with van der Waals surface area (Å²) < 4.78 is 11.1. The van der Waals surface area contributed by atoms with Crippen LogP contribution in [0.5, 0.6) is 0 Å². The van der Waals surface area contributed by atoms with Crippen LogP contribution in [0.15, 0.2) is 97.1 Å². The normalized spacial score (nSPS) is 16.7. The zero-order chi connectivity index (χ0) is 20.8. The minimum Gasteiger partial charge on any atom is -0.450 e. The Labute approximate surface area is 183 Å². The Hall–Kier alpha value is -2.74. The van der Waals surface area contributed by atoms with E-state index in [1.165, 1.54) is 11.8 Å². The van der Waals surface area contributed by atoms with E-state index >= 15 is 0 Å². The summed E-state index contributed by atoms with van der Waals surface area (Å²) in [6.07, 6.45) is 1.77. The Balaban J connectivity index is 1.55. The summed E-state index contributed by atoms with van der Waals surface area (Å²) in [4.78, 5) is 20.9. The number of benzene rings is 2. The fraction of sp³-hybridized carbons (Fsp3) is 0.130. The van der Waals surface area contributed by atoms with Gasteiger partial charge in [0.1, 0.15) is 5.76 Å². The van der Waals surface area contributed by atoms with E-state index in [0.717, 1.165) is 15.7 Å². The number of amides is 1. The molecule has 0 radical (unpaired) electrons. The molecule has 1 aliphatic rings. The van der Waals surface area contributed by atoms with Gasteiger partial charge in [-0.2, -0.15) is 0 Å². The van der Waals surface area contributed by atoms with Crippen LogP contribution in [0.2, 0.25) is 0 Å². The molecule has 0 aliphatic carbocycles. The molecule has 0 saturated carbocycles. The first-order chi connectivity index (χ1) is 14.7. The number of furan rings is 1. The summed E-state index contributed by atoms with van der Waals surface area (Å²) in [5.74, 6) is 0.539. The second kappa shape index (κ2) is 9.84. The number of hydrogen-bond donors (Lipinski definition) is 0. The van der Waals surface area contributed by atoms with E-state index in [1.807, 2.05) is 72.8 Å². The third-order valence-corrected chi connectivity index (χ3v) is 6.16. The SMILES string of the molecule is COCCN1C(=O)/C(=C\c2ccc(Sc3ccccc3)o2)SC1=Nc1ccccc1. The quantitative estimate of drug-likeness (QED) is 0.446. The van der Waals surface area contributed by atoms with Gasteiger partial charge in [-0.05, 0) is 48.2 Å². The molecule has 0 N–H and O–H groups in total. The molecule has 0 bridgehead atoms. The molecular formula is C23H20N2O3S2. The smallest absolute Gasteiger partial charge is 0.266 e. The Morgan fingerprint density at radius 3 is 2.53 bits per heavy atom. The number of amidine groups is 1. The number of methoxy groups -OCH3 is 1. The maximum absolute atomic E-state index is 13.0. The van der Waals surface area contributed by atoms with Crippen molar-refractivity contribution in [1.29, 1.82) is 0 Å². The number of rotatable bonds is 7. The highest BCUT2D eigenvalue weighted by Crippen LogP contribution is 2.35. The van der Waals surface area contributed by atoms with Crippen LogP contribution < -0.4 is 0 Å². The number of aliphatic imine (C=N–C) groups is 1. The van der Waals surface area contributed by atoms with E-state index in [2.05, 4.69) is 4.99 Å². The predicted octanol–water partition coefficient (Wildman–Crippen LogP) is 5.68. The number of carbonyl (C=O) groups excluding carboxylic acids is 1. The summed E-state index contributed by atoms with van der Waals surface area (Å²) in [6.45, 7) is 0.880. The van der Waals surface area contributed by atoms with E-state index in [-0.39, 0.29) is 5.91 Å². The van der Waals surface area contributed by atoms with E-state index in [1.54, 1.807) is 29.8 Å². The first kappa shape index (κ1) is 20.5. The van der Waals surface area contributed by atoms with Crippen LogP contribution in [0.1, 0.15) is 5.76 Å². The largest absolute Gasteiger partial charge is 0.450 e. The summed E-state index contributed by atoms with van der Waals surface area (Å²) in [5.41, 5.74) is 0.802. The van der Waals surface area contributed by atoms with Gasteiger partial charge in [0.15, 0.2) is 10.3 Å². The number of ether oxygens (including phenoxy) is 1. The molecule has 30 heavy (non-hydrogen) atoms. The molecule has 1 fully saturated rings. The molecule has 3 aromatic rings. The van der Waals surface area contributed by atoms with Crippen LogP contribution in [-0.2, 0) is 9.53 Å². The predicted molar refractivity (Wildman–Crippen MR) is 122 cm³/mol.